The standard InChI is InChI=1S/C20H22N6O/c1-2-3-7-20(27)25-16-10-8-15(9-11-16)24-18-13-19(23-14-22-18)26-17-6-4-5-12-21-17/h4-6,8-14H,2-3,7H2,1H3,(H,25,27)(H2,21,22,23,24,26). The van der Waals surface area contributed by atoms with E-state index in [1.807, 2.05) is 42.5 Å². The summed E-state index contributed by atoms with van der Waals surface area (Å²) in [6.45, 7) is 2.07. The molecule has 0 aliphatic rings. The number of hydrogen-bond donors (Lipinski definition) is 3. The van der Waals surface area contributed by atoms with Gasteiger partial charge in [-0.05, 0) is 42.8 Å². The van der Waals surface area contributed by atoms with E-state index in [-0.39, 0.29) is 5.91 Å². The number of aromatic nitrogens is 3. The van der Waals surface area contributed by atoms with E-state index in [1.54, 1.807) is 12.3 Å². The summed E-state index contributed by atoms with van der Waals surface area (Å²) >= 11 is 0. The van der Waals surface area contributed by atoms with Crippen molar-refractivity contribution in [1.29, 1.82) is 0 Å². The molecule has 3 rings (SSSR count). The van der Waals surface area contributed by atoms with Gasteiger partial charge in [-0.1, -0.05) is 19.4 Å². The van der Waals surface area contributed by atoms with Gasteiger partial charge in [-0.15, -0.1) is 0 Å². The molecular formula is C20H22N6O. The second-order valence-electron chi connectivity index (χ2n) is 5.98. The van der Waals surface area contributed by atoms with Crippen molar-refractivity contribution in [3.63, 3.8) is 0 Å². The molecule has 0 bridgehead atoms. The van der Waals surface area contributed by atoms with Gasteiger partial charge < -0.3 is 16.0 Å². The first-order valence-electron chi connectivity index (χ1n) is 8.90. The predicted molar refractivity (Wildman–Crippen MR) is 107 cm³/mol. The highest BCUT2D eigenvalue weighted by Crippen LogP contribution is 2.20. The monoisotopic (exact) mass is 362 g/mol. The number of nitrogens with zero attached hydrogens (tertiary/aromatic N) is 3. The van der Waals surface area contributed by atoms with Crippen LogP contribution in [0.5, 0.6) is 0 Å². The molecule has 0 atom stereocenters. The van der Waals surface area contributed by atoms with Crippen LogP contribution in [0.4, 0.5) is 28.8 Å². The fourth-order valence-corrected chi connectivity index (χ4v) is 2.41. The first-order valence-corrected chi connectivity index (χ1v) is 8.90. The van der Waals surface area contributed by atoms with E-state index in [9.17, 15) is 4.79 Å². The summed E-state index contributed by atoms with van der Waals surface area (Å²) in [6.07, 6.45) is 5.64. The molecule has 0 fully saturated rings. The Hall–Kier alpha value is -3.48. The maximum absolute atomic E-state index is 11.8. The summed E-state index contributed by atoms with van der Waals surface area (Å²) in [5.74, 6) is 2.05. The molecular weight excluding hydrogens is 340 g/mol. The van der Waals surface area contributed by atoms with Crippen molar-refractivity contribution in [1.82, 2.24) is 15.0 Å². The summed E-state index contributed by atoms with van der Waals surface area (Å²) in [6, 6.07) is 14.9. The molecule has 1 amide bonds. The summed E-state index contributed by atoms with van der Waals surface area (Å²) in [4.78, 5) is 24.4. The van der Waals surface area contributed by atoms with Crippen molar-refractivity contribution in [2.24, 2.45) is 0 Å². The Kier molecular flexibility index (Phi) is 6.30. The molecule has 0 aliphatic carbocycles. The van der Waals surface area contributed by atoms with Crippen LogP contribution in [-0.2, 0) is 4.79 Å². The molecule has 2 heterocycles. The smallest absolute Gasteiger partial charge is 0.224 e. The molecule has 0 unspecified atom stereocenters. The summed E-state index contributed by atoms with van der Waals surface area (Å²) in [5.41, 5.74) is 1.64. The quantitative estimate of drug-likeness (QED) is 0.547. The third-order valence-electron chi connectivity index (χ3n) is 3.79. The Labute approximate surface area is 158 Å². The molecule has 0 saturated carbocycles. The maximum atomic E-state index is 11.8. The van der Waals surface area contributed by atoms with Crippen molar-refractivity contribution in [2.75, 3.05) is 16.0 Å². The van der Waals surface area contributed by atoms with E-state index in [0.29, 0.717) is 23.9 Å². The van der Waals surface area contributed by atoms with Gasteiger partial charge in [0.1, 0.15) is 23.8 Å². The molecule has 0 spiro atoms. The topological polar surface area (TPSA) is 91.8 Å². The van der Waals surface area contributed by atoms with Gasteiger partial charge in [0.05, 0.1) is 0 Å². The van der Waals surface area contributed by atoms with Crippen molar-refractivity contribution < 1.29 is 4.79 Å². The highest BCUT2D eigenvalue weighted by atomic mass is 16.1. The SMILES string of the molecule is CCCCC(=O)Nc1ccc(Nc2cc(Nc3ccccn3)ncn2)cc1. The van der Waals surface area contributed by atoms with E-state index in [0.717, 1.165) is 24.2 Å². The number of amides is 1. The lowest BCUT2D eigenvalue weighted by molar-refractivity contribution is -0.116. The lowest BCUT2D eigenvalue weighted by atomic mass is 10.2. The largest absolute Gasteiger partial charge is 0.340 e. The zero-order valence-corrected chi connectivity index (χ0v) is 15.1. The minimum absolute atomic E-state index is 0.0404. The number of carbonyl (C=O) groups excluding carboxylic acids is 1. The van der Waals surface area contributed by atoms with E-state index in [4.69, 9.17) is 0 Å². The van der Waals surface area contributed by atoms with Crippen molar-refractivity contribution >= 4 is 34.7 Å². The maximum Gasteiger partial charge on any atom is 0.224 e. The van der Waals surface area contributed by atoms with Crippen LogP contribution >= 0.6 is 0 Å². The highest BCUT2D eigenvalue weighted by molar-refractivity contribution is 5.90. The zero-order valence-electron chi connectivity index (χ0n) is 15.1. The lowest BCUT2D eigenvalue weighted by Crippen LogP contribution is -2.10. The predicted octanol–water partition coefficient (Wildman–Crippen LogP) is 4.49. The van der Waals surface area contributed by atoms with Crippen LogP contribution in [0.25, 0.3) is 0 Å². The Bertz CT molecular complexity index is 867. The van der Waals surface area contributed by atoms with Gasteiger partial charge in [-0.25, -0.2) is 15.0 Å². The van der Waals surface area contributed by atoms with Gasteiger partial charge in [-0.3, -0.25) is 4.79 Å². The van der Waals surface area contributed by atoms with E-state index in [2.05, 4.69) is 37.8 Å². The van der Waals surface area contributed by atoms with E-state index >= 15 is 0 Å². The molecule has 0 saturated heterocycles. The van der Waals surface area contributed by atoms with Gasteiger partial charge in [0, 0.05) is 30.1 Å². The number of hydrogen-bond acceptors (Lipinski definition) is 6. The van der Waals surface area contributed by atoms with Crippen LogP contribution in [-0.4, -0.2) is 20.9 Å². The first kappa shape index (κ1) is 18.3. The number of benzene rings is 1. The number of unbranched alkanes of at least 4 members (excludes halogenated alkanes) is 1. The van der Waals surface area contributed by atoms with Gasteiger partial charge in [0.2, 0.25) is 5.91 Å². The van der Waals surface area contributed by atoms with Crippen molar-refractivity contribution in [3.05, 3.63) is 61.1 Å². The van der Waals surface area contributed by atoms with Gasteiger partial charge in [-0.2, -0.15) is 0 Å². The molecule has 7 heteroatoms. The van der Waals surface area contributed by atoms with Crippen LogP contribution in [0.2, 0.25) is 0 Å². The molecule has 3 aromatic rings. The highest BCUT2D eigenvalue weighted by Gasteiger charge is 2.03. The van der Waals surface area contributed by atoms with Crippen molar-refractivity contribution in [2.45, 2.75) is 26.2 Å². The number of carbonyl (C=O) groups is 1. The molecule has 3 N–H and O–H groups in total. The molecule has 2 aromatic heterocycles. The average Bonchev–Trinajstić information content (AvgIpc) is 2.69. The third kappa shape index (κ3) is 5.78. The van der Waals surface area contributed by atoms with Crippen LogP contribution in [0.1, 0.15) is 26.2 Å². The van der Waals surface area contributed by atoms with Gasteiger partial charge in [0.15, 0.2) is 0 Å². The first-order chi connectivity index (χ1) is 13.2. The average molecular weight is 362 g/mol. The van der Waals surface area contributed by atoms with E-state index < -0.39 is 0 Å². The molecule has 138 valence electrons. The Morgan fingerprint density at radius 1 is 0.889 bits per heavy atom. The lowest BCUT2D eigenvalue weighted by Gasteiger charge is -2.09. The minimum Gasteiger partial charge on any atom is -0.340 e. The van der Waals surface area contributed by atoms with Crippen molar-refractivity contribution in [3.8, 4) is 0 Å². The van der Waals surface area contributed by atoms with Gasteiger partial charge >= 0.3 is 0 Å². The number of anilines is 5. The number of nitrogens with one attached hydrogen (secondary N) is 3. The second kappa shape index (κ2) is 9.28. The molecule has 27 heavy (non-hydrogen) atoms. The van der Waals surface area contributed by atoms with Gasteiger partial charge in [0.25, 0.3) is 0 Å². The summed E-state index contributed by atoms with van der Waals surface area (Å²) < 4.78 is 0. The van der Waals surface area contributed by atoms with Crippen LogP contribution < -0.4 is 16.0 Å². The van der Waals surface area contributed by atoms with Crippen LogP contribution in [0.15, 0.2) is 61.1 Å². The fraction of sp³-hybridized carbons (Fsp3) is 0.200. The van der Waals surface area contributed by atoms with Crippen LogP contribution in [0.3, 0.4) is 0 Å². The third-order valence-corrected chi connectivity index (χ3v) is 3.79. The molecule has 7 nitrogen and oxygen atoms in total. The normalized spacial score (nSPS) is 10.3. The second-order valence-corrected chi connectivity index (χ2v) is 5.98. The Balaban J connectivity index is 1.60. The summed E-state index contributed by atoms with van der Waals surface area (Å²) in [5, 5.41) is 9.24. The number of pyridine rings is 1. The van der Waals surface area contributed by atoms with Crippen LogP contribution in [0, 0.1) is 0 Å². The molecule has 0 aliphatic heterocycles. The van der Waals surface area contributed by atoms with E-state index in [1.165, 1.54) is 6.33 Å². The number of rotatable bonds is 8. The minimum atomic E-state index is 0.0404. The molecule has 1 aromatic carbocycles. The fourth-order valence-electron chi connectivity index (χ4n) is 2.41. The zero-order chi connectivity index (χ0) is 18.9. The summed E-state index contributed by atoms with van der Waals surface area (Å²) in [7, 11) is 0. The molecule has 0 radical (unpaired) electrons. The Morgan fingerprint density at radius 3 is 2.33 bits per heavy atom. The Morgan fingerprint density at radius 2 is 1.63 bits per heavy atom.